The molecule has 3 aromatic rings. The summed E-state index contributed by atoms with van der Waals surface area (Å²) in [6.45, 7) is 0.266. The first-order valence-electron chi connectivity index (χ1n) is 10.8. The van der Waals surface area contributed by atoms with Gasteiger partial charge >= 0.3 is 11.8 Å². The minimum absolute atomic E-state index is 0.0713. The van der Waals surface area contributed by atoms with Gasteiger partial charge in [-0.3, -0.25) is 13.9 Å². The summed E-state index contributed by atoms with van der Waals surface area (Å²) < 4.78 is 27.8. The molecule has 0 radical (unpaired) electrons. The van der Waals surface area contributed by atoms with E-state index in [9.17, 15) is 23.1 Å². The van der Waals surface area contributed by atoms with Gasteiger partial charge < -0.3 is 15.7 Å². The molecule has 0 bridgehead atoms. The summed E-state index contributed by atoms with van der Waals surface area (Å²) >= 11 is 1.15. The summed E-state index contributed by atoms with van der Waals surface area (Å²) in [5, 5.41) is 16.8. The predicted octanol–water partition coefficient (Wildman–Crippen LogP) is 2.55. The second-order valence-corrected chi connectivity index (χ2v) is 11.0. The Labute approximate surface area is 202 Å². The summed E-state index contributed by atoms with van der Waals surface area (Å²) in [5.41, 5.74) is 2.59. The zero-order chi connectivity index (χ0) is 24.1. The average Bonchev–Trinajstić information content (AvgIpc) is 3.39. The molecular weight excluding hydrogens is 474 g/mol. The first-order valence-corrected chi connectivity index (χ1v) is 13.2. The van der Waals surface area contributed by atoms with Crippen LogP contribution in [-0.4, -0.2) is 44.5 Å². The van der Waals surface area contributed by atoms with Gasteiger partial charge in [0.05, 0.1) is 11.8 Å². The quantitative estimate of drug-likeness (QED) is 0.432. The van der Waals surface area contributed by atoms with E-state index in [0.29, 0.717) is 30.8 Å². The lowest BCUT2D eigenvalue weighted by molar-refractivity contribution is -0.136. The van der Waals surface area contributed by atoms with Crippen LogP contribution in [0, 0.1) is 0 Å². The number of hydrogen-bond acceptors (Lipinski definition) is 6. The molecule has 1 aliphatic heterocycles. The van der Waals surface area contributed by atoms with Crippen LogP contribution in [0.1, 0.15) is 17.5 Å². The van der Waals surface area contributed by atoms with E-state index in [1.54, 1.807) is 35.7 Å². The number of nitrogens with one attached hydrogen (secondary N) is 2. The molecule has 34 heavy (non-hydrogen) atoms. The Morgan fingerprint density at radius 1 is 1.06 bits per heavy atom. The van der Waals surface area contributed by atoms with E-state index >= 15 is 0 Å². The van der Waals surface area contributed by atoms with E-state index in [-0.39, 0.29) is 10.8 Å². The molecule has 10 heteroatoms. The number of amides is 2. The molecule has 0 spiro atoms. The molecule has 1 aromatic heterocycles. The topological polar surface area (TPSA) is 116 Å². The van der Waals surface area contributed by atoms with Crippen molar-refractivity contribution in [2.24, 2.45) is 0 Å². The lowest BCUT2D eigenvalue weighted by Crippen LogP contribution is -2.40. The first kappa shape index (κ1) is 23.9. The van der Waals surface area contributed by atoms with Crippen molar-refractivity contribution in [3.05, 3.63) is 77.2 Å². The second-order valence-electron chi connectivity index (χ2n) is 7.96. The highest BCUT2D eigenvalue weighted by atomic mass is 32.2. The Hall–Kier alpha value is -3.21. The van der Waals surface area contributed by atoms with Gasteiger partial charge in [0.25, 0.3) is 10.0 Å². The molecule has 0 fully saturated rings. The third-order valence-electron chi connectivity index (χ3n) is 5.48. The fourth-order valence-electron chi connectivity index (χ4n) is 3.82. The average molecular weight is 500 g/mol. The van der Waals surface area contributed by atoms with Crippen molar-refractivity contribution in [2.75, 3.05) is 22.7 Å². The van der Waals surface area contributed by atoms with Crippen LogP contribution in [0.3, 0.4) is 0 Å². The maximum atomic E-state index is 13.1. The molecule has 3 N–H and O–H groups in total. The molecule has 1 atom stereocenters. The van der Waals surface area contributed by atoms with Crippen molar-refractivity contribution in [2.45, 2.75) is 29.6 Å². The molecule has 0 saturated heterocycles. The number of nitrogens with zero attached hydrogens (tertiary/aromatic N) is 1. The minimum Gasteiger partial charge on any atom is -0.391 e. The number of benzene rings is 2. The van der Waals surface area contributed by atoms with E-state index in [2.05, 4.69) is 10.6 Å². The lowest BCUT2D eigenvalue weighted by atomic mass is 10.0. The molecular formula is C24H25N3O5S2. The fraction of sp³-hybridized carbons (Fsp3) is 0.250. The summed E-state index contributed by atoms with van der Waals surface area (Å²) in [7, 11) is -3.71. The lowest BCUT2D eigenvalue weighted by Gasteiger charge is -2.30. The number of fused-ring (bicyclic) bond motifs is 1. The van der Waals surface area contributed by atoms with Gasteiger partial charge in [-0.1, -0.05) is 42.5 Å². The standard InChI is InChI=1S/C24H25N3O5S2/c28-20(14-17-6-2-1-3-7-17)16-25-23(29)24(30)26-19-11-10-18-8-4-12-27(21(18)15-19)34(31,32)22-9-5-13-33-22/h1-3,5-7,9-11,13,15,20,28H,4,8,12,14,16H2,(H,25,29)(H,26,30). The largest absolute Gasteiger partial charge is 0.391 e. The van der Waals surface area contributed by atoms with Crippen molar-refractivity contribution < 1.29 is 23.1 Å². The zero-order valence-electron chi connectivity index (χ0n) is 18.3. The number of rotatable bonds is 7. The highest BCUT2D eigenvalue weighted by Gasteiger charge is 2.30. The molecule has 1 unspecified atom stereocenters. The van der Waals surface area contributed by atoms with E-state index in [0.717, 1.165) is 28.9 Å². The van der Waals surface area contributed by atoms with Gasteiger partial charge in [-0.15, -0.1) is 11.3 Å². The normalized spacial score (nSPS) is 14.2. The maximum Gasteiger partial charge on any atom is 0.313 e. The van der Waals surface area contributed by atoms with E-state index in [1.165, 1.54) is 4.31 Å². The van der Waals surface area contributed by atoms with Crippen LogP contribution >= 0.6 is 11.3 Å². The molecule has 2 aromatic carbocycles. The zero-order valence-corrected chi connectivity index (χ0v) is 19.9. The Morgan fingerprint density at radius 2 is 1.85 bits per heavy atom. The van der Waals surface area contributed by atoms with Gasteiger partial charge in [0.2, 0.25) is 0 Å². The monoisotopic (exact) mass is 499 g/mol. The minimum atomic E-state index is -3.71. The van der Waals surface area contributed by atoms with Gasteiger partial charge in [0.15, 0.2) is 0 Å². The van der Waals surface area contributed by atoms with Crippen LogP contribution in [-0.2, 0) is 32.5 Å². The number of sulfonamides is 1. The number of hydrogen-bond donors (Lipinski definition) is 3. The number of carbonyl (C=O) groups excluding carboxylic acids is 2. The Kier molecular flexibility index (Phi) is 7.30. The summed E-state index contributed by atoms with van der Waals surface area (Å²) in [6.07, 6.45) is 0.928. The molecule has 2 amide bonds. The molecule has 1 aliphatic rings. The van der Waals surface area contributed by atoms with E-state index in [4.69, 9.17) is 0 Å². The van der Waals surface area contributed by atoms with Crippen LogP contribution < -0.4 is 14.9 Å². The van der Waals surface area contributed by atoms with Crippen LogP contribution in [0.4, 0.5) is 11.4 Å². The van der Waals surface area contributed by atoms with E-state index in [1.807, 2.05) is 30.3 Å². The first-order chi connectivity index (χ1) is 16.3. The van der Waals surface area contributed by atoms with Crippen LogP contribution in [0.2, 0.25) is 0 Å². The number of aliphatic hydroxyl groups is 1. The van der Waals surface area contributed by atoms with Crippen molar-refractivity contribution in [3.63, 3.8) is 0 Å². The Balaban J connectivity index is 1.40. The van der Waals surface area contributed by atoms with Gasteiger partial charge in [0, 0.05) is 25.2 Å². The molecule has 0 saturated carbocycles. The highest BCUT2D eigenvalue weighted by Crippen LogP contribution is 2.35. The smallest absolute Gasteiger partial charge is 0.313 e. The van der Waals surface area contributed by atoms with Crippen molar-refractivity contribution in [1.82, 2.24) is 5.32 Å². The second kappa shape index (κ2) is 10.4. The predicted molar refractivity (Wildman–Crippen MR) is 131 cm³/mol. The van der Waals surface area contributed by atoms with Gasteiger partial charge in [-0.25, -0.2) is 8.42 Å². The molecule has 2 heterocycles. The Morgan fingerprint density at radius 3 is 2.59 bits per heavy atom. The fourth-order valence-corrected chi connectivity index (χ4v) is 6.46. The van der Waals surface area contributed by atoms with Crippen LogP contribution in [0.25, 0.3) is 0 Å². The molecule has 4 rings (SSSR count). The van der Waals surface area contributed by atoms with E-state index < -0.39 is 27.9 Å². The third kappa shape index (κ3) is 5.46. The summed E-state index contributed by atoms with van der Waals surface area (Å²) in [4.78, 5) is 24.6. The highest BCUT2D eigenvalue weighted by molar-refractivity contribution is 7.94. The Bertz CT molecular complexity index is 1260. The van der Waals surface area contributed by atoms with Crippen molar-refractivity contribution in [3.8, 4) is 0 Å². The summed E-state index contributed by atoms with van der Waals surface area (Å²) in [6, 6.07) is 17.6. The molecule has 178 valence electrons. The van der Waals surface area contributed by atoms with Gasteiger partial charge in [-0.05, 0) is 47.5 Å². The number of aryl methyl sites for hydroxylation is 1. The van der Waals surface area contributed by atoms with Crippen molar-refractivity contribution in [1.29, 1.82) is 0 Å². The number of anilines is 2. The van der Waals surface area contributed by atoms with Crippen LogP contribution in [0.15, 0.2) is 70.3 Å². The third-order valence-corrected chi connectivity index (χ3v) is 8.66. The molecule has 0 aliphatic carbocycles. The van der Waals surface area contributed by atoms with Crippen molar-refractivity contribution >= 4 is 44.5 Å². The summed E-state index contributed by atoms with van der Waals surface area (Å²) in [5.74, 6) is -1.77. The molecule has 8 nitrogen and oxygen atoms in total. The SMILES string of the molecule is O=C(NCC(O)Cc1ccccc1)C(=O)Nc1ccc2c(c1)N(S(=O)(=O)c1cccs1)CCC2. The van der Waals surface area contributed by atoms with Crippen LogP contribution in [0.5, 0.6) is 0 Å². The number of thiophene rings is 1. The number of aliphatic hydroxyl groups excluding tert-OH is 1. The number of carbonyl (C=O) groups is 2. The van der Waals surface area contributed by atoms with Gasteiger partial charge in [-0.2, -0.15) is 0 Å². The van der Waals surface area contributed by atoms with Gasteiger partial charge in [0.1, 0.15) is 4.21 Å². The maximum absolute atomic E-state index is 13.1.